The lowest BCUT2D eigenvalue weighted by molar-refractivity contribution is 0.543. The van der Waals surface area contributed by atoms with Crippen molar-refractivity contribution in [3.8, 4) is 0 Å². The van der Waals surface area contributed by atoms with Crippen LogP contribution < -0.4 is 10.0 Å². The van der Waals surface area contributed by atoms with Gasteiger partial charge in [-0.15, -0.1) is 11.3 Å². The van der Waals surface area contributed by atoms with Gasteiger partial charge in [0.15, 0.2) is 0 Å². The Labute approximate surface area is 136 Å². The van der Waals surface area contributed by atoms with Crippen LogP contribution in [0.5, 0.6) is 0 Å². The summed E-state index contributed by atoms with van der Waals surface area (Å²) in [6.07, 6.45) is 1.11. The van der Waals surface area contributed by atoms with Crippen molar-refractivity contribution in [1.82, 2.24) is 10.0 Å². The molecule has 0 amide bonds. The molecule has 1 aliphatic heterocycles. The normalized spacial score (nSPS) is 19.5. The molecule has 1 aliphatic rings. The first-order valence-corrected chi connectivity index (χ1v) is 10.8. The highest BCUT2D eigenvalue weighted by Gasteiger charge is 2.25. The first-order chi connectivity index (χ1) is 9.90. The van der Waals surface area contributed by atoms with E-state index >= 15 is 0 Å². The Bertz CT molecular complexity index is 561. The van der Waals surface area contributed by atoms with Gasteiger partial charge in [0.05, 0.1) is 0 Å². The number of thioether (sulfide) groups is 1. The minimum atomic E-state index is -3.40. The predicted octanol–water partition coefficient (Wildman–Crippen LogP) is 2.59. The van der Waals surface area contributed by atoms with Crippen LogP contribution in [0.1, 0.15) is 30.7 Å². The highest BCUT2D eigenvalue weighted by Crippen LogP contribution is 2.28. The number of aryl methyl sites for hydroxylation is 1. The highest BCUT2D eigenvalue weighted by atomic mass is 32.2. The summed E-state index contributed by atoms with van der Waals surface area (Å²) in [7, 11) is -3.40. The van der Waals surface area contributed by atoms with E-state index in [0.717, 1.165) is 28.4 Å². The first kappa shape index (κ1) is 17.3. The lowest BCUT2D eigenvalue weighted by Gasteiger charge is -2.13. The third-order valence-electron chi connectivity index (χ3n) is 3.51. The van der Waals surface area contributed by atoms with Gasteiger partial charge >= 0.3 is 0 Å². The second-order valence-electron chi connectivity index (χ2n) is 5.79. The third kappa shape index (κ3) is 4.69. The molecular weight excluding hydrogens is 324 g/mol. The minimum Gasteiger partial charge on any atom is -0.310 e. The molecule has 4 nitrogen and oxygen atoms in total. The lowest BCUT2D eigenvalue weighted by atomic mass is 10.1. The van der Waals surface area contributed by atoms with Gasteiger partial charge < -0.3 is 5.32 Å². The molecule has 1 aromatic rings. The van der Waals surface area contributed by atoms with Crippen molar-refractivity contribution in [2.75, 3.05) is 18.1 Å². The van der Waals surface area contributed by atoms with Crippen LogP contribution in [0, 0.1) is 12.8 Å². The van der Waals surface area contributed by atoms with Gasteiger partial charge in [0.1, 0.15) is 4.90 Å². The molecule has 2 N–H and O–H groups in total. The second kappa shape index (κ2) is 7.46. The van der Waals surface area contributed by atoms with Crippen LogP contribution in [0.2, 0.25) is 0 Å². The molecule has 1 fully saturated rings. The summed E-state index contributed by atoms with van der Waals surface area (Å²) >= 11 is 3.42. The molecule has 1 saturated heterocycles. The molecule has 0 bridgehead atoms. The molecule has 2 heterocycles. The summed E-state index contributed by atoms with van der Waals surface area (Å²) in [5.41, 5.74) is 0.842. The number of hydrogen-bond acceptors (Lipinski definition) is 5. The van der Waals surface area contributed by atoms with Crippen molar-refractivity contribution in [2.45, 2.75) is 44.7 Å². The van der Waals surface area contributed by atoms with Crippen molar-refractivity contribution < 1.29 is 8.42 Å². The quantitative estimate of drug-likeness (QED) is 0.795. The van der Waals surface area contributed by atoms with Crippen LogP contribution in [0.25, 0.3) is 0 Å². The molecule has 120 valence electrons. The highest BCUT2D eigenvalue weighted by molar-refractivity contribution is 7.99. The van der Waals surface area contributed by atoms with Crippen LogP contribution in [-0.4, -0.2) is 32.5 Å². The molecule has 2 rings (SSSR count). The predicted molar refractivity (Wildman–Crippen MR) is 91.7 cm³/mol. The van der Waals surface area contributed by atoms with Crippen molar-refractivity contribution in [3.63, 3.8) is 0 Å². The maximum Gasteiger partial charge on any atom is 0.241 e. The number of sulfonamides is 1. The summed E-state index contributed by atoms with van der Waals surface area (Å²) < 4.78 is 28.0. The Hall–Kier alpha value is -0.0800. The first-order valence-electron chi connectivity index (χ1n) is 7.28. The Morgan fingerprint density at radius 3 is 2.81 bits per heavy atom. The molecule has 1 aromatic heterocycles. The Kier molecular flexibility index (Phi) is 6.14. The minimum absolute atomic E-state index is 0.339. The Morgan fingerprint density at radius 2 is 2.19 bits per heavy atom. The molecule has 0 aliphatic carbocycles. The van der Waals surface area contributed by atoms with Gasteiger partial charge in [-0.3, -0.25) is 0 Å². The molecular formula is C14H24N2O2S3. The molecule has 21 heavy (non-hydrogen) atoms. The van der Waals surface area contributed by atoms with Crippen molar-refractivity contribution in [1.29, 1.82) is 0 Å². The Morgan fingerprint density at radius 1 is 1.43 bits per heavy atom. The zero-order chi connectivity index (χ0) is 15.5. The maximum absolute atomic E-state index is 12.6. The zero-order valence-corrected chi connectivity index (χ0v) is 15.3. The van der Waals surface area contributed by atoms with E-state index in [-0.39, 0.29) is 0 Å². The monoisotopic (exact) mass is 348 g/mol. The molecule has 7 heteroatoms. The SMILES string of the molecule is Cc1csc(CNC(C)C)c1S(=O)(=O)NCC1CCSC1. The summed E-state index contributed by atoms with van der Waals surface area (Å²) in [6.45, 7) is 7.15. The largest absolute Gasteiger partial charge is 0.310 e. The second-order valence-corrected chi connectivity index (χ2v) is 9.61. The van der Waals surface area contributed by atoms with Gasteiger partial charge in [0, 0.05) is 24.0 Å². The van der Waals surface area contributed by atoms with Crippen LogP contribution in [0.15, 0.2) is 10.3 Å². The van der Waals surface area contributed by atoms with E-state index in [9.17, 15) is 8.42 Å². The molecule has 0 aromatic carbocycles. The van der Waals surface area contributed by atoms with E-state index in [1.165, 1.54) is 11.3 Å². The van der Waals surface area contributed by atoms with Gasteiger partial charge in [0.25, 0.3) is 0 Å². The molecule has 0 radical (unpaired) electrons. The Balaban J connectivity index is 2.08. The summed E-state index contributed by atoms with van der Waals surface area (Å²) in [4.78, 5) is 1.38. The fourth-order valence-corrected chi connectivity index (χ4v) is 6.47. The van der Waals surface area contributed by atoms with E-state index in [0.29, 0.717) is 29.9 Å². The van der Waals surface area contributed by atoms with E-state index < -0.39 is 10.0 Å². The average molecular weight is 349 g/mol. The van der Waals surface area contributed by atoms with Gasteiger partial charge in [-0.25, -0.2) is 13.1 Å². The van der Waals surface area contributed by atoms with Crippen LogP contribution in [0.4, 0.5) is 0 Å². The van der Waals surface area contributed by atoms with Crippen LogP contribution in [0.3, 0.4) is 0 Å². The lowest BCUT2D eigenvalue weighted by Crippen LogP contribution is -2.31. The molecule has 0 spiro atoms. The number of hydrogen-bond donors (Lipinski definition) is 2. The van der Waals surface area contributed by atoms with Gasteiger partial charge in [0.2, 0.25) is 10.0 Å². The van der Waals surface area contributed by atoms with E-state index in [2.05, 4.69) is 23.9 Å². The zero-order valence-electron chi connectivity index (χ0n) is 12.8. The molecule has 1 unspecified atom stereocenters. The molecule has 0 saturated carbocycles. The number of rotatable bonds is 7. The van der Waals surface area contributed by atoms with Gasteiger partial charge in [-0.1, -0.05) is 13.8 Å². The van der Waals surface area contributed by atoms with E-state index in [1.54, 1.807) is 0 Å². The van der Waals surface area contributed by atoms with Crippen LogP contribution >= 0.6 is 23.1 Å². The standard InChI is InChI=1S/C14H24N2O2S3/c1-10(2)15-7-13-14(11(3)8-20-13)21(17,18)16-6-12-4-5-19-9-12/h8,10,12,15-16H,4-7,9H2,1-3H3. The average Bonchev–Trinajstić information content (AvgIpc) is 3.03. The summed E-state index contributed by atoms with van der Waals surface area (Å²) in [5, 5.41) is 5.23. The fraction of sp³-hybridized carbons (Fsp3) is 0.714. The van der Waals surface area contributed by atoms with Gasteiger partial charge in [-0.05, 0) is 41.7 Å². The van der Waals surface area contributed by atoms with Gasteiger partial charge in [-0.2, -0.15) is 11.8 Å². The smallest absolute Gasteiger partial charge is 0.241 e. The van der Waals surface area contributed by atoms with Crippen LogP contribution in [-0.2, 0) is 16.6 Å². The number of thiophene rings is 1. The summed E-state index contributed by atoms with van der Waals surface area (Å²) in [5.74, 6) is 2.68. The summed E-state index contributed by atoms with van der Waals surface area (Å²) in [6, 6.07) is 0.339. The van der Waals surface area contributed by atoms with Crippen molar-refractivity contribution >= 4 is 33.1 Å². The van der Waals surface area contributed by atoms with Crippen molar-refractivity contribution in [3.05, 3.63) is 15.8 Å². The third-order valence-corrected chi connectivity index (χ3v) is 7.63. The fourth-order valence-electron chi connectivity index (χ4n) is 2.31. The van der Waals surface area contributed by atoms with E-state index in [4.69, 9.17) is 0 Å². The van der Waals surface area contributed by atoms with Crippen molar-refractivity contribution in [2.24, 2.45) is 5.92 Å². The molecule has 1 atom stereocenters. The topological polar surface area (TPSA) is 58.2 Å². The van der Waals surface area contributed by atoms with E-state index in [1.807, 2.05) is 24.1 Å². The number of nitrogens with one attached hydrogen (secondary N) is 2. The maximum atomic E-state index is 12.6.